The normalized spacial score (nSPS) is 17.1. The number of nitrogens with zero attached hydrogens (tertiary/aromatic N) is 1. The Morgan fingerprint density at radius 2 is 0.754 bits per heavy atom. The first kappa shape index (κ1) is 81.3. The number of piperidine rings is 1. The van der Waals surface area contributed by atoms with E-state index in [9.17, 15) is 4.39 Å². The minimum absolute atomic E-state index is 0.0144. The summed E-state index contributed by atoms with van der Waals surface area (Å²) < 4.78 is 13.4. The Kier molecular flexibility index (Phi) is 23.2. The van der Waals surface area contributed by atoms with Gasteiger partial charge in [-0.3, -0.25) is 0 Å². The maximum Gasteiger partial charge on any atom is 0.123 e. The smallest absolute Gasteiger partial charge is 0.123 e. The predicted octanol–water partition coefficient (Wildman–Crippen LogP) is 31.8. The van der Waals surface area contributed by atoms with Crippen LogP contribution in [0.1, 0.15) is 166 Å². The molecule has 0 atom stereocenters. The van der Waals surface area contributed by atoms with Crippen LogP contribution in [0.15, 0.2) is 227 Å². The minimum atomic E-state index is -0.153. The molecule has 7 aliphatic rings. The standard InChI is InChI=1S/C18H16S3.C18H14S2.C17H13FS2.C17H21NS2.C15H19NS2.C11H8Br2S2/c1-12-3-5-13(6-4-12)21-11-18(2)14-7-9-19-16(14)17-15(18)8-10-20-17;1-18(10-7-13-5-3-2-4-6-13)14-8-11-19-16(14)17-15(18)9-12-20-17;1-17(10-11-3-2-4-12(18)9-11)13-5-7-19-15(13)16-14(17)6-8-20-16;1-15(2)9-17(10-16(3,4)18-15)11-5-7-19-13(11)14-12(17)6-8-20-14;1-4-16(5-2)10-15(3)11-6-8-17-13(11)14-12(15)7-9-18-14;12-5-11(6-13)7-1-3-14-9(7)10-8(11)2-4-15-10/h3-10H,11H2,1-2H3;2-12H,1H3;2-9H,10H2,1H3;5-8,18H,9-10H2,1-4H3;6-9H,4-5,10H2,1-3H3;1-4H,5-6H2/b;10-7+;;;;. The molecule has 1 fully saturated rings. The monoisotopic (exact) mass is 1860 g/mol. The molecule has 1 aliphatic heterocycles. The number of allylic oxidation sites excluding steroid dienone is 1. The number of nitrogens with one attached hydrogen (secondary N) is 1. The summed E-state index contributed by atoms with van der Waals surface area (Å²) >= 11 is 31.8. The molecule has 2 nitrogen and oxygen atoms in total. The van der Waals surface area contributed by atoms with Crippen molar-refractivity contribution in [3.63, 3.8) is 0 Å². The van der Waals surface area contributed by atoms with Gasteiger partial charge in [-0.25, -0.2) is 4.39 Å². The molecule has 0 amide bonds. The molecule has 1 N–H and O–H groups in total. The molecule has 1 saturated heterocycles. The first-order valence-electron chi connectivity index (χ1n) is 38.8. The van der Waals surface area contributed by atoms with E-state index in [0.717, 1.165) is 48.0 Å². The van der Waals surface area contributed by atoms with Crippen LogP contribution in [-0.2, 0) is 38.9 Å². The number of rotatable bonds is 13. The summed E-state index contributed by atoms with van der Waals surface area (Å²) in [5, 5.41) is 32.5. The number of hydrogen-bond acceptors (Lipinski definition) is 15. The average Bonchev–Trinajstić information content (AvgIpc) is 1.55. The maximum absolute atomic E-state index is 13.4. The van der Waals surface area contributed by atoms with Crippen molar-refractivity contribution in [2.24, 2.45) is 0 Å². The van der Waals surface area contributed by atoms with Gasteiger partial charge >= 0.3 is 0 Å². The molecule has 0 unspecified atom stereocenters. The molecule has 1 spiro atoms. The number of alkyl halides is 2. The topological polar surface area (TPSA) is 15.3 Å². The van der Waals surface area contributed by atoms with Crippen LogP contribution in [0.5, 0.6) is 0 Å². The number of likely N-dealkylation sites (N-methyl/N-ethyl adjacent to an activating group) is 1. The van der Waals surface area contributed by atoms with Crippen LogP contribution in [-0.4, -0.2) is 52.0 Å². The highest BCUT2D eigenvalue weighted by Crippen LogP contribution is 2.63. The molecule has 13 heterocycles. The van der Waals surface area contributed by atoms with Crippen LogP contribution < -0.4 is 5.32 Å². The number of hydrogen-bond donors (Lipinski definition) is 1. The first-order valence-corrected chi connectivity index (χ1v) is 52.6. The van der Waals surface area contributed by atoms with Crippen LogP contribution in [0, 0.1) is 12.7 Å². The molecule has 12 aromatic heterocycles. The SMILES string of the molecule is BrCC1(CBr)c2ccsc2-c2sccc21.CC1(/C=C/c2ccccc2)c2ccsc2-c2sccc21.CC1(C)CC2(CC(C)(C)N1)c1ccsc1-c1sccc12.CC1(Cc2cccc(F)c2)c2ccsc2-c2sccc21.CCN(CC)CC1(C)c2ccsc2-c2sccc21.Cc1ccc(SCC2(C)c3ccsc3-c3sccc32)cc1. The van der Waals surface area contributed by atoms with E-state index in [1.165, 1.54) is 138 Å². The summed E-state index contributed by atoms with van der Waals surface area (Å²) in [7, 11) is 0. The number of halogens is 3. The van der Waals surface area contributed by atoms with Crippen molar-refractivity contribution in [3.8, 4) is 58.5 Å². The summed E-state index contributed by atoms with van der Waals surface area (Å²) in [6.45, 7) is 28.9. The fourth-order valence-electron chi connectivity index (χ4n) is 19.2. The molecule has 22 rings (SSSR count). The van der Waals surface area contributed by atoms with E-state index < -0.39 is 0 Å². The Labute approximate surface area is 741 Å². The zero-order valence-corrected chi connectivity index (χ0v) is 79.6. The van der Waals surface area contributed by atoms with E-state index >= 15 is 0 Å². The predicted molar refractivity (Wildman–Crippen MR) is 517 cm³/mol. The van der Waals surface area contributed by atoms with Crippen molar-refractivity contribution in [1.82, 2.24) is 10.2 Å². The number of aryl methyl sites for hydroxylation is 1. The molecule has 6 aliphatic carbocycles. The van der Waals surface area contributed by atoms with Gasteiger partial charge in [-0.2, -0.15) is 0 Å². The van der Waals surface area contributed by atoms with Gasteiger partial charge in [-0.1, -0.05) is 139 Å². The van der Waals surface area contributed by atoms with Crippen LogP contribution in [0.3, 0.4) is 0 Å². The highest BCUT2D eigenvalue weighted by atomic mass is 79.9. The van der Waals surface area contributed by atoms with Gasteiger partial charge in [-0.05, 0) is 313 Å². The number of thioether (sulfide) groups is 1. The lowest BCUT2D eigenvalue weighted by molar-refractivity contribution is 0.125. The number of fused-ring (bicyclic) bond motifs is 20. The molecule has 0 saturated carbocycles. The lowest BCUT2D eigenvalue weighted by atomic mass is 9.62. The second kappa shape index (κ2) is 32.5. The van der Waals surface area contributed by atoms with Gasteiger partial charge in [0, 0.05) is 130 Å². The Hall–Kier alpha value is -5.04. The van der Waals surface area contributed by atoms with Crippen molar-refractivity contribution in [2.75, 3.05) is 36.0 Å². The van der Waals surface area contributed by atoms with Gasteiger partial charge in [0.15, 0.2) is 0 Å². The summed E-state index contributed by atoms with van der Waals surface area (Å²) in [6, 6.07) is 54.0. The summed E-state index contributed by atoms with van der Waals surface area (Å²) in [6.07, 6.45) is 7.83. The third-order valence-corrected chi connectivity index (χ3v) is 39.6. The van der Waals surface area contributed by atoms with Crippen molar-refractivity contribution in [2.45, 2.75) is 144 Å². The van der Waals surface area contributed by atoms with Crippen LogP contribution in [0.25, 0.3) is 64.6 Å². The highest BCUT2D eigenvalue weighted by molar-refractivity contribution is 9.09. The molecule has 3 aromatic carbocycles. The van der Waals surface area contributed by atoms with Crippen molar-refractivity contribution >= 4 is 186 Å². The van der Waals surface area contributed by atoms with Gasteiger partial charge in [0.25, 0.3) is 0 Å². The van der Waals surface area contributed by atoms with E-state index in [1.54, 1.807) is 34.4 Å². The van der Waals surface area contributed by atoms with E-state index in [-0.39, 0.29) is 49.4 Å². The molecule has 114 heavy (non-hydrogen) atoms. The summed E-state index contributed by atoms with van der Waals surface area (Å²) in [5.41, 5.74) is 22.7. The second-order valence-electron chi connectivity index (χ2n) is 33.0. The fraction of sp³-hybridized carbons (Fsp3) is 0.292. The Balaban J connectivity index is 0.0000000991. The zero-order valence-electron chi connectivity index (χ0n) is 65.8. The van der Waals surface area contributed by atoms with Gasteiger partial charge in [0.05, 0.1) is 0 Å². The zero-order chi connectivity index (χ0) is 79.2. The average molecular weight is 1870 g/mol. The molecule has 584 valence electrons. The molecule has 0 bridgehead atoms. The maximum atomic E-state index is 13.4. The van der Waals surface area contributed by atoms with Gasteiger partial charge in [0.1, 0.15) is 5.82 Å². The van der Waals surface area contributed by atoms with Crippen molar-refractivity contribution in [3.05, 3.63) is 312 Å². The quantitative estimate of drug-likeness (QED) is 0.0915. The number of benzene rings is 3. The minimum Gasteiger partial charge on any atom is -0.307 e. The van der Waals surface area contributed by atoms with Crippen molar-refractivity contribution in [1.29, 1.82) is 0 Å². The van der Waals surface area contributed by atoms with E-state index in [4.69, 9.17) is 0 Å². The fourth-order valence-corrected chi connectivity index (χ4v) is 35.8. The van der Waals surface area contributed by atoms with Crippen LogP contribution in [0.4, 0.5) is 4.39 Å². The molecule has 18 heteroatoms. The molecular formula is C96H91Br2FN2S13. The van der Waals surface area contributed by atoms with Gasteiger partial charge in [-0.15, -0.1) is 148 Å². The highest BCUT2D eigenvalue weighted by Gasteiger charge is 2.55. The van der Waals surface area contributed by atoms with Crippen LogP contribution >= 0.6 is 180 Å². The molecule has 0 radical (unpaired) electrons. The van der Waals surface area contributed by atoms with Gasteiger partial charge < -0.3 is 10.2 Å². The van der Waals surface area contributed by atoms with Gasteiger partial charge in [0.2, 0.25) is 0 Å². The van der Waals surface area contributed by atoms with Crippen LogP contribution in [0.2, 0.25) is 0 Å². The largest absolute Gasteiger partial charge is 0.307 e. The number of thiophene rings is 12. The van der Waals surface area contributed by atoms with E-state index in [1.807, 2.05) is 154 Å². The second-order valence-corrected chi connectivity index (χ2v) is 46.1. The summed E-state index contributed by atoms with van der Waals surface area (Å²) in [4.78, 5) is 21.6. The Morgan fingerprint density at radius 3 is 1.15 bits per heavy atom. The van der Waals surface area contributed by atoms with E-state index in [0.29, 0.717) is 0 Å². The molecule has 15 aromatic rings. The lowest BCUT2D eigenvalue weighted by Crippen LogP contribution is -2.62. The van der Waals surface area contributed by atoms with Crippen molar-refractivity contribution < 1.29 is 4.39 Å². The first-order chi connectivity index (χ1) is 55.0. The van der Waals surface area contributed by atoms with E-state index in [2.05, 4.69) is 322 Å². The lowest BCUT2D eigenvalue weighted by Gasteiger charge is -2.52. The Morgan fingerprint density at radius 1 is 0.404 bits per heavy atom. The third-order valence-electron chi connectivity index (χ3n) is 24.4. The Bertz CT molecular complexity index is 5640. The third kappa shape index (κ3) is 14.4. The molecular weight excluding hydrogens is 1780 g/mol. The summed E-state index contributed by atoms with van der Waals surface area (Å²) in [5.74, 6) is 0.948.